The number of hydrogen-bond acceptors (Lipinski definition) is 0. The molecular weight excluding hydrogens is 360 g/mol. The van der Waals surface area contributed by atoms with Gasteiger partial charge in [0.2, 0.25) is 0 Å². The van der Waals surface area contributed by atoms with Crippen LogP contribution in [-0.4, -0.2) is 0 Å². The van der Waals surface area contributed by atoms with Gasteiger partial charge < -0.3 is 0 Å². The molecule has 0 heteroatoms. The van der Waals surface area contributed by atoms with E-state index in [1.807, 2.05) is 11.1 Å². The van der Waals surface area contributed by atoms with E-state index in [4.69, 9.17) is 0 Å². The maximum absolute atomic E-state index is 2.55. The zero-order valence-electron chi connectivity index (χ0n) is 21.9. The molecule has 0 amide bonds. The molecule has 1 spiro atoms. The minimum absolute atomic E-state index is 0.633. The summed E-state index contributed by atoms with van der Waals surface area (Å²) >= 11 is 0. The fourth-order valence-corrected chi connectivity index (χ4v) is 7.37. The zero-order valence-corrected chi connectivity index (χ0v) is 21.9. The summed E-state index contributed by atoms with van der Waals surface area (Å²) in [5, 5.41) is 0. The van der Waals surface area contributed by atoms with Crippen molar-refractivity contribution in [3.05, 3.63) is 11.1 Å². The van der Waals surface area contributed by atoms with Gasteiger partial charge >= 0.3 is 0 Å². The van der Waals surface area contributed by atoms with E-state index in [9.17, 15) is 0 Å². The van der Waals surface area contributed by atoms with E-state index in [1.54, 1.807) is 0 Å². The molecule has 0 nitrogen and oxygen atoms in total. The fraction of sp³-hybridized carbons (Fsp3) is 0.933. The summed E-state index contributed by atoms with van der Waals surface area (Å²) in [4.78, 5) is 0. The van der Waals surface area contributed by atoms with Crippen molar-refractivity contribution < 1.29 is 0 Å². The van der Waals surface area contributed by atoms with Crippen LogP contribution in [0, 0.1) is 46.3 Å². The first-order valence-electron chi connectivity index (χ1n) is 13.8. The lowest BCUT2D eigenvalue weighted by Crippen LogP contribution is -2.07. The zero-order chi connectivity index (χ0) is 22.1. The summed E-state index contributed by atoms with van der Waals surface area (Å²) in [6, 6.07) is 0. The number of allylic oxidation sites excluding steroid dienone is 2. The molecule has 3 aliphatic rings. The van der Waals surface area contributed by atoms with Gasteiger partial charge in [0, 0.05) is 0 Å². The van der Waals surface area contributed by atoms with Gasteiger partial charge in [-0.1, -0.05) is 111 Å². The van der Waals surface area contributed by atoms with Crippen molar-refractivity contribution >= 4 is 0 Å². The summed E-state index contributed by atoms with van der Waals surface area (Å²) in [6.45, 7) is 19.8. The van der Waals surface area contributed by atoms with Gasteiger partial charge in [0.1, 0.15) is 0 Å². The van der Waals surface area contributed by atoms with Gasteiger partial charge in [0.05, 0.1) is 0 Å². The van der Waals surface area contributed by atoms with Crippen LogP contribution in [0.1, 0.15) is 132 Å². The van der Waals surface area contributed by atoms with E-state index < -0.39 is 0 Å². The molecule has 3 aliphatic carbocycles. The Morgan fingerprint density at radius 1 is 0.867 bits per heavy atom. The SMILES string of the molecule is CCCC(C)C(C)CCCCCC(C)CCC1=C(CC(C)C2CC23C(C)C3(C)C)C1. The highest BCUT2D eigenvalue weighted by molar-refractivity contribution is 5.36. The summed E-state index contributed by atoms with van der Waals surface area (Å²) in [7, 11) is 0. The minimum atomic E-state index is 0.633. The number of hydrogen-bond donors (Lipinski definition) is 0. The average Bonchev–Trinajstić information content (AvgIpc) is 3.62. The topological polar surface area (TPSA) is 0 Å². The van der Waals surface area contributed by atoms with Crippen LogP contribution in [0.5, 0.6) is 0 Å². The van der Waals surface area contributed by atoms with Crippen molar-refractivity contribution in [1.82, 2.24) is 0 Å². The van der Waals surface area contributed by atoms with Crippen LogP contribution in [0.15, 0.2) is 11.1 Å². The number of rotatable bonds is 15. The Hall–Kier alpha value is -0.260. The molecule has 2 saturated carbocycles. The molecule has 0 aromatic carbocycles. The van der Waals surface area contributed by atoms with E-state index in [1.165, 1.54) is 77.0 Å². The first-order valence-corrected chi connectivity index (χ1v) is 13.8. The van der Waals surface area contributed by atoms with Gasteiger partial charge in [-0.3, -0.25) is 0 Å². The molecule has 0 saturated heterocycles. The highest BCUT2D eigenvalue weighted by atomic mass is 14.8. The third kappa shape index (κ3) is 5.20. The van der Waals surface area contributed by atoms with E-state index in [-0.39, 0.29) is 0 Å². The standard InChI is InChI=1S/C30H54/c1-9-13-22(3)23(4)15-12-10-11-14-21(2)16-17-26-19-27(26)18-24(5)28-20-30(28)25(6)29(30,7)8/h21-25,28H,9-20H2,1-8H3. The molecule has 174 valence electrons. The second-order valence-corrected chi connectivity index (χ2v) is 12.9. The Kier molecular flexibility index (Phi) is 7.89. The highest BCUT2D eigenvalue weighted by Crippen LogP contribution is 2.86. The third-order valence-corrected chi connectivity index (χ3v) is 10.6. The molecule has 0 bridgehead atoms. The van der Waals surface area contributed by atoms with Crippen LogP contribution in [-0.2, 0) is 0 Å². The molecule has 3 rings (SSSR count). The highest BCUT2D eigenvalue weighted by Gasteiger charge is 2.80. The normalized spacial score (nSPS) is 32.8. The van der Waals surface area contributed by atoms with Crippen LogP contribution in [0.2, 0.25) is 0 Å². The molecule has 30 heavy (non-hydrogen) atoms. The van der Waals surface area contributed by atoms with Crippen LogP contribution in [0.4, 0.5) is 0 Å². The van der Waals surface area contributed by atoms with Gasteiger partial charge in [-0.15, -0.1) is 0 Å². The van der Waals surface area contributed by atoms with E-state index in [2.05, 4.69) is 55.4 Å². The summed E-state index contributed by atoms with van der Waals surface area (Å²) in [6.07, 6.45) is 17.2. The lowest BCUT2D eigenvalue weighted by Gasteiger charge is -2.19. The van der Waals surface area contributed by atoms with Crippen molar-refractivity contribution in [2.24, 2.45) is 46.3 Å². The fourth-order valence-electron chi connectivity index (χ4n) is 7.37. The van der Waals surface area contributed by atoms with Crippen LogP contribution < -0.4 is 0 Å². The lowest BCUT2D eigenvalue weighted by atomic mass is 9.87. The van der Waals surface area contributed by atoms with Gasteiger partial charge in [0.25, 0.3) is 0 Å². The van der Waals surface area contributed by atoms with Crippen molar-refractivity contribution in [3.8, 4) is 0 Å². The molecule has 0 aromatic rings. The van der Waals surface area contributed by atoms with Crippen molar-refractivity contribution in [1.29, 1.82) is 0 Å². The largest absolute Gasteiger partial charge is 0.0666 e. The third-order valence-electron chi connectivity index (χ3n) is 10.6. The van der Waals surface area contributed by atoms with E-state index in [0.29, 0.717) is 5.41 Å². The molecule has 2 fully saturated rings. The Morgan fingerprint density at radius 3 is 2.10 bits per heavy atom. The Morgan fingerprint density at radius 2 is 1.50 bits per heavy atom. The molecule has 0 N–H and O–H groups in total. The van der Waals surface area contributed by atoms with Gasteiger partial charge in [0.15, 0.2) is 0 Å². The van der Waals surface area contributed by atoms with Crippen LogP contribution in [0.25, 0.3) is 0 Å². The van der Waals surface area contributed by atoms with Crippen molar-refractivity contribution in [3.63, 3.8) is 0 Å². The summed E-state index contributed by atoms with van der Waals surface area (Å²) in [5.41, 5.74) is 5.10. The Bertz CT molecular complexity index is 595. The smallest absolute Gasteiger partial charge is 0.0103 e. The molecule has 0 radical (unpaired) electrons. The second-order valence-electron chi connectivity index (χ2n) is 12.9. The van der Waals surface area contributed by atoms with Crippen LogP contribution in [0.3, 0.4) is 0 Å². The average molecular weight is 415 g/mol. The van der Waals surface area contributed by atoms with Gasteiger partial charge in [-0.05, 0) is 78.4 Å². The molecule has 0 aromatic heterocycles. The Labute approximate surface area is 190 Å². The first-order chi connectivity index (χ1) is 14.1. The second kappa shape index (κ2) is 9.70. The van der Waals surface area contributed by atoms with Gasteiger partial charge in [-0.25, -0.2) is 0 Å². The Balaban J connectivity index is 1.23. The van der Waals surface area contributed by atoms with Crippen molar-refractivity contribution in [2.75, 3.05) is 0 Å². The first kappa shape index (κ1) is 24.4. The molecule has 7 atom stereocenters. The molecule has 7 unspecified atom stereocenters. The maximum atomic E-state index is 2.55. The molecular formula is C30H54. The number of unbranched alkanes of at least 4 members (excludes halogenated alkanes) is 2. The lowest BCUT2D eigenvalue weighted by molar-refractivity contribution is 0.328. The summed E-state index contributed by atoms with van der Waals surface area (Å²) < 4.78 is 0. The predicted octanol–water partition coefficient (Wildman–Crippen LogP) is 9.83. The molecule has 0 heterocycles. The molecule has 0 aliphatic heterocycles. The minimum Gasteiger partial charge on any atom is -0.0666 e. The summed E-state index contributed by atoms with van der Waals surface area (Å²) in [5.74, 6) is 5.69. The van der Waals surface area contributed by atoms with Crippen molar-refractivity contribution in [2.45, 2.75) is 132 Å². The maximum Gasteiger partial charge on any atom is -0.0103 e. The van der Waals surface area contributed by atoms with Crippen LogP contribution >= 0.6 is 0 Å². The predicted molar refractivity (Wildman–Crippen MR) is 134 cm³/mol. The monoisotopic (exact) mass is 414 g/mol. The quantitative estimate of drug-likeness (QED) is 0.185. The van der Waals surface area contributed by atoms with E-state index >= 15 is 0 Å². The van der Waals surface area contributed by atoms with Gasteiger partial charge in [-0.2, -0.15) is 0 Å². The van der Waals surface area contributed by atoms with E-state index in [0.717, 1.165) is 40.9 Å².